The Morgan fingerprint density at radius 2 is 1.61 bits per heavy atom. The summed E-state index contributed by atoms with van der Waals surface area (Å²) in [5.41, 5.74) is 0.358. The van der Waals surface area contributed by atoms with Crippen LogP contribution in [-0.4, -0.2) is 37.4 Å². The summed E-state index contributed by atoms with van der Waals surface area (Å²) < 4.78 is 15.4. The summed E-state index contributed by atoms with van der Waals surface area (Å²) >= 11 is 0. The largest absolute Gasteiger partial charge is 0.463 e. The van der Waals surface area contributed by atoms with Crippen molar-refractivity contribution in [1.82, 2.24) is 0 Å². The van der Waals surface area contributed by atoms with E-state index in [0.29, 0.717) is 0 Å². The van der Waals surface area contributed by atoms with Crippen LogP contribution < -0.4 is 0 Å². The molecule has 0 saturated heterocycles. The second kappa shape index (κ2) is 6.00. The summed E-state index contributed by atoms with van der Waals surface area (Å²) in [6.07, 6.45) is 0.191. The Balaban J connectivity index is 3.04. The van der Waals surface area contributed by atoms with E-state index in [0.717, 1.165) is 11.1 Å². The molecule has 5 heteroatoms. The van der Waals surface area contributed by atoms with Crippen molar-refractivity contribution in [3.05, 3.63) is 11.1 Å². The average Bonchev–Trinajstić information content (AvgIpc) is 2.33. The van der Waals surface area contributed by atoms with Crippen molar-refractivity contribution in [2.24, 2.45) is 0 Å². The third-order valence-electron chi connectivity index (χ3n) is 2.99. The van der Waals surface area contributed by atoms with Gasteiger partial charge in [-0.1, -0.05) is 5.57 Å². The quantitative estimate of drug-likeness (QED) is 0.434. The molecule has 18 heavy (non-hydrogen) atoms. The summed E-state index contributed by atoms with van der Waals surface area (Å²) in [6.45, 7) is 7.81. The smallest absolute Gasteiger partial charge is 0.350 e. The van der Waals surface area contributed by atoms with Gasteiger partial charge in [0.2, 0.25) is 0 Å². The normalized spacial score (nSPS) is 18.4. The van der Waals surface area contributed by atoms with Gasteiger partial charge in [-0.3, -0.25) is 0 Å². The van der Waals surface area contributed by atoms with E-state index in [4.69, 9.17) is 14.2 Å². The molecular weight excluding hydrogens is 236 g/mol. The second-order valence-corrected chi connectivity index (χ2v) is 4.29. The van der Waals surface area contributed by atoms with E-state index in [-0.39, 0.29) is 26.2 Å². The minimum Gasteiger partial charge on any atom is -0.463 e. The van der Waals surface area contributed by atoms with E-state index in [1.807, 2.05) is 13.8 Å². The molecule has 0 aliphatic carbocycles. The molecule has 0 fully saturated rings. The fourth-order valence-corrected chi connectivity index (χ4v) is 1.77. The lowest BCUT2D eigenvalue weighted by Gasteiger charge is -2.33. The van der Waals surface area contributed by atoms with Gasteiger partial charge in [-0.15, -0.1) is 0 Å². The molecule has 1 rings (SSSR count). The molecule has 0 unspecified atom stereocenters. The molecule has 102 valence electrons. The number of hydrogen-bond acceptors (Lipinski definition) is 5. The van der Waals surface area contributed by atoms with Gasteiger partial charge >= 0.3 is 11.9 Å². The average molecular weight is 256 g/mol. The van der Waals surface area contributed by atoms with E-state index in [9.17, 15) is 9.59 Å². The molecular formula is C13H20O5. The Morgan fingerprint density at radius 3 is 2.00 bits per heavy atom. The number of hydrogen-bond donors (Lipinski definition) is 0. The minimum absolute atomic E-state index is 0.191. The maximum Gasteiger partial charge on any atom is 0.350 e. The Morgan fingerprint density at radius 1 is 1.11 bits per heavy atom. The number of carbonyl (C=O) groups is 2. The first kappa shape index (κ1) is 14.7. The van der Waals surface area contributed by atoms with Gasteiger partial charge in [0.15, 0.2) is 0 Å². The van der Waals surface area contributed by atoms with Gasteiger partial charge in [-0.05, 0) is 33.3 Å². The minimum atomic E-state index is -1.63. The fraction of sp³-hybridized carbons (Fsp3) is 0.692. The van der Waals surface area contributed by atoms with Gasteiger partial charge in [-0.25, -0.2) is 9.59 Å². The maximum absolute atomic E-state index is 12.0. The standard InChI is InChI=1S/C13H20O5/c1-5-16-11(14)13(12(15)17-6-2)7-9(3)10(4)8-18-13/h5-8H2,1-4H3. The molecule has 0 amide bonds. The van der Waals surface area contributed by atoms with Crippen LogP contribution in [0.15, 0.2) is 11.1 Å². The molecule has 0 aromatic heterocycles. The summed E-state index contributed by atoms with van der Waals surface area (Å²) in [6, 6.07) is 0. The molecule has 0 bridgehead atoms. The lowest BCUT2D eigenvalue weighted by Crippen LogP contribution is -2.53. The molecule has 1 aliphatic heterocycles. The molecule has 0 radical (unpaired) electrons. The van der Waals surface area contributed by atoms with Gasteiger partial charge in [0.25, 0.3) is 5.60 Å². The zero-order valence-corrected chi connectivity index (χ0v) is 11.4. The van der Waals surface area contributed by atoms with Crippen LogP contribution in [0.25, 0.3) is 0 Å². The first-order valence-corrected chi connectivity index (χ1v) is 6.11. The Kier molecular flexibility index (Phi) is 4.90. The molecule has 0 aromatic carbocycles. The van der Waals surface area contributed by atoms with Gasteiger partial charge < -0.3 is 14.2 Å². The highest BCUT2D eigenvalue weighted by atomic mass is 16.6. The van der Waals surface area contributed by atoms with Crippen LogP contribution in [0.3, 0.4) is 0 Å². The zero-order valence-electron chi connectivity index (χ0n) is 11.4. The fourth-order valence-electron chi connectivity index (χ4n) is 1.77. The van der Waals surface area contributed by atoms with Crippen molar-refractivity contribution >= 4 is 11.9 Å². The number of esters is 2. The van der Waals surface area contributed by atoms with E-state index < -0.39 is 17.5 Å². The van der Waals surface area contributed by atoms with Crippen LogP contribution in [0, 0.1) is 0 Å². The van der Waals surface area contributed by atoms with Gasteiger partial charge in [0.05, 0.1) is 19.8 Å². The van der Waals surface area contributed by atoms with Crippen LogP contribution in [0.4, 0.5) is 0 Å². The van der Waals surface area contributed by atoms with Crippen LogP contribution in [0.2, 0.25) is 0 Å². The van der Waals surface area contributed by atoms with E-state index in [2.05, 4.69) is 0 Å². The summed E-state index contributed by atoms with van der Waals surface area (Å²) in [5.74, 6) is -1.34. The Bertz CT molecular complexity index is 352. The third-order valence-corrected chi connectivity index (χ3v) is 2.99. The lowest BCUT2D eigenvalue weighted by molar-refractivity contribution is -0.191. The van der Waals surface area contributed by atoms with Gasteiger partial charge in [-0.2, -0.15) is 0 Å². The highest BCUT2D eigenvalue weighted by Gasteiger charge is 2.52. The number of rotatable bonds is 4. The molecule has 0 N–H and O–H groups in total. The Hall–Kier alpha value is -1.36. The van der Waals surface area contributed by atoms with Crippen molar-refractivity contribution < 1.29 is 23.8 Å². The van der Waals surface area contributed by atoms with Crippen molar-refractivity contribution in [2.75, 3.05) is 19.8 Å². The SMILES string of the molecule is CCOC(=O)C1(C(=O)OCC)CC(C)=C(C)CO1. The molecule has 0 aromatic rings. The van der Waals surface area contributed by atoms with Crippen molar-refractivity contribution in [3.8, 4) is 0 Å². The molecule has 0 saturated carbocycles. The monoisotopic (exact) mass is 256 g/mol. The number of ether oxygens (including phenoxy) is 3. The molecule has 0 atom stereocenters. The first-order chi connectivity index (χ1) is 8.47. The highest BCUT2D eigenvalue weighted by Crippen LogP contribution is 2.31. The van der Waals surface area contributed by atoms with Crippen LogP contribution in [0.1, 0.15) is 34.1 Å². The number of carbonyl (C=O) groups excluding carboxylic acids is 2. The van der Waals surface area contributed by atoms with E-state index in [1.165, 1.54) is 0 Å². The predicted octanol–water partition coefficient (Wildman–Crippen LogP) is 1.61. The predicted molar refractivity (Wildman–Crippen MR) is 64.9 cm³/mol. The first-order valence-electron chi connectivity index (χ1n) is 6.11. The van der Waals surface area contributed by atoms with Gasteiger partial charge in [0, 0.05) is 6.42 Å². The van der Waals surface area contributed by atoms with E-state index >= 15 is 0 Å². The maximum atomic E-state index is 12.0. The lowest BCUT2D eigenvalue weighted by atomic mass is 9.90. The van der Waals surface area contributed by atoms with Crippen LogP contribution >= 0.6 is 0 Å². The molecule has 5 nitrogen and oxygen atoms in total. The molecule has 1 heterocycles. The van der Waals surface area contributed by atoms with Crippen molar-refractivity contribution in [2.45, 2.75) is 39.7 Å². The summed E-state index contributed by atoms with van der Waals surface area (Å²) in [4.78, 5) is 24.0. The van der Waals surface area contributed by atoms with Crippen LogP contribution in [0.5, 0.6) is 0 Å². The second-order valence-electron chi connectivity index (χ2n) is 4.29. The summed E-state index contributed by atoms with van der Waals surface area (Å²) in [5, 5.41) is 0. The zero-order chi connectivity index (χ0) is 13.8. The Labute approximate surface area is 107 Å². The third kappa shape index (κ3) is 2.72. The van der Waals surface area contributed by atoms with Crippen LogP contribution in [-0.2, 0) is 23.8 Å². The highest BCUT2D eigenvalue weighted by molar-refractivity contribution is 6.04. The summed E-state index contributed by atoms with van der Waals surface area (Å²) in [7, 11) is 0. The van der Waals surface area contributed by atoms with Crippen molar-refractivity contribution in [3.63, 3.8) is 0 Å². The molecule has 1 aliphatic rings. The van der Waals surface area contributed by atoms with Gasteiger partial charge in [0.1, 0.15) is 0 Å². The van der Waals surface area contributed by atoms with Crippen molar-refractivity contribution in [1.29, 1.82) is 0 Å². The van der Waals surface area contributed by atoms with E-state index in [1.54, 1.807) is 13.8 Å². The topological polar surface area (TPSA) is 61.8 Å². The molecule has 0 spiro atoms.